The molecule has 0 aromatic heterocycles. The van der Waals surface area contributed by atoms with Crippen molar-refractivity contribution < 1.29 is 14.3 Å². The lowest BCUT2D eigenvalue weighted by molar-refractivity contribution is -0.139. The van der Waals surface area contributed by atoms with Crippen molar-refractivity contribution in [1.82, 2.24) is 5.32 Å². The van der Waals surface area contributed by atoms with Crippen LogP contribution in [0.4, 0.5) is 0 Å². The number of hydrogen-bond donors (Lipinski definition) is 1. The minimum absolute atomic E-state index is 0.0881. The quantitative estimate of drug-likeness (QED) is 0.493. The third-order valence-electron chi connectivity index (χ3n) is 2.55. The monoisotopic (exact) mass is 361 g/mol. The summed E-state index contributed by atoms with van der Waals surface area (Å²) in [5.41, 5.74) is 2.09. The highest BCUT2D eigenvalue weighted by Crippen LogP contribution is 2.07. The molecule has 1 atom stereocenters. The summed E-state index contributed by atoms with van der Waals surface area (Å²) < 4.78 is 4.23. The van der Waals surface area contributed by atoms with E-state index in [4.69, 9.17) is 0 Å². The second-order valence-corrected chi connectivity index (χ2v) is 5.40. The molecule has 0 heterocycles. The Morgan fingerprint density at radius 3 is 2.67 bits per heavy atom. The molecule has 0 saturated carbocycles. The summed E-state index contributed by atoms with van der Waals surface area (Å²) in [5.74, 6) is -0.415. The second kappa shape index (κ2) is 7.35. The van der Waals surface area contributed by atoms with E-state index in [9.17, 15) is 9.59 Å². The number of benzene rings is 1. The molecule has 0 aliphatic heterocycles. The molecule has 1 aromatic rings. The Kier molecular flexibility index (Phi) is 6.11. The molecule has 1 amide bonds. The fourth-order valence-corrected chi connectivity index (χ4v) is 1.93. The van der Waals surface area contributed by atoms with Gasteiger partial charge in [-0.15, -0.1) is 0 Å². The molecular formula is C13H16INO3. The molecule has 4 nitrogen and oxygen atoms in total. The van der Waals surface area contributed by atoms with Gasteiger partial charge in [0.2, 0.25) is 5.91 Å². The van der Waals surface area contributed by atoms with Crippen LogP contribution in [-0.2, 0) is 20.7 Å². The average Bonchev–Trinajstić information content (AvgIpc) is 2.37. The SMILES string of the molecule is COC(=O)C(I)CNC(=O)Cc1ccccc1C. The van der Waals surface area contributed by atoms with Crippen molar-refractivity contribution in [2.45, 2.75) is 17.3 Å². The van der Waals surface area contributed by atoms with Gasteiger partial charge in [0.05, 0.1) is 13.5 Å². The summed E-state index contributed by atoms with van der Waals surface area (Å²) in [5, 5.41) is 2.73. The normalized spacial score (nSPS) is 11.7. The first kappa shape index (κ1) is 14.9. The highest BCUT2D eigenvalue weighted by molar-refractivity contribution is 14.1. The van der Waals surface area contributed by atoms with Crippen LogP contribution in [0.2, 0.25) is 0 Å². The van der Waals surface area contributed by atoms with E-state index in [1.54, 1.807) is 0 Å². The Bertz CT molecular complexity index is 434. The third-order valence-corrected chi connectivity index (χ3v) is 3.50. The van der Waals surface area contributed by atoms with Crippen molar-refractivity contribution in [3.63, 3.8) is 0 Å². The number of rotatable bonds is 5. The Hall–Kier alpha value is -1.11. The van der Waals surface area contributed by atoms with E-state index in [0.717, 1.165) is 11.1 Å². The van der Waals surface area contributed by atoms with Crippen LogP contribution in [0.3, 0.4) is 0 Å². The Labute approximate surface area is 120 Å². The maximum absolute atomic E-state index is 11.7. The van der Waals surface area contributed by atoms with Crippen LogP contribution in [0.1, 0.15) is 11.1 Å². The van der Waals surface area contributed by atoms with E-state index in [1.165, 1.54) is 7.11 Å². The number of carbonyl (C=O) groups is 2. The lowest BCUT2D eigenvalue weighted by Gasteiger charge is -2.10. The van der Waals surface area contributed by atoms with E-state index in [-0.39, 0.29) is 22.3 Å². The molecule has 0 aliphatic rings. The molecule has 1 unspecified atom stereocenters. The smallest absolute Gasteiger partial charge is 0.320 e. The van der Waals surface area contributed by atoms with Gasteiger partial charge in [0.1, 0.15) is 3.92 Å². The molecule has 0 aliphatic carbocycles. The molecule has 0 bridgehead atoms. The topological polar surface area (TPSA) is 55.4 Å². The number of alkyl halides is 1. The van der Waals surface area contributed by atoms with Crippen molar-refractivity contribution in [1.29, 1.82) is 0 Å². The van der Waals surface area contributed by atoms with Gasteiger partial charge in [-0.05, 0) is 18.1 Å². The van der Waals surface area contributed by atoms with Gasteiger partial charge in [0.15, 0.2) is 0 Å². The second-order valence-electron chi connectivity index (χ2n) is 3.90. The molecule has 18 heavy (non-hydrogen) atoms. The number of hydrogen-bond acceptors (Lipinski definition) is 3. The number of carbonyl (C=O) groups excluding carboxylic acids is 2. The van der Waals surface area contributed by atoms with Crippen LogP contribution in [0.5, 0.6) is 0 Å². The Balaban J connectivity index is 2.43. The van der Waals surface area contributed by atoms with Gasteiger partial charge in [0.25, 0.3) is 0 Å². The zero-order chi connectivity index (χ0) is 13.5. The Morgan fingerprint density at radius 1 is 1.39 bits per heavy atom. The number of methoxy groups -OCH3 is 1. The minimum Gasteiger partial charge on any atom is -0.468 e. The predicted molar refractivity (Wildman–Crippen MR) is 77.7 cm³/mol. The minimum atomic E-state index is -0.353. The van der Waals surface area contributed by atoms with Crippen molar-refractivity contribution in [3.05, 3.63) is 35.4 Å². The molecule has 0 radical (unpaired) electrons. The first-order chi connectivity index (χ1) is 8.54. The largest absolute Gasteiger partial charge is 0.468 e. The summed E-state index contributed by atoms with van der Waals surface area (Å²) in [4.78, 5) is 22.9. The lowest BCUT2D eigenvalue weighted by atomic mass is 10.1. The van der Waals surface area contributed by atoms with E-state index >= 15 is 0 Å². The van der Waals surface area contributed by atoms with Gasteiger partial charge in [-0.25, -0.2) is 0 Å². The van der Waals surface area contributed by atoms with Crippen LogP contribution >= 0.6 is 22.6 Å². The van der Waals surface area contributed by atoms with Crippen LogP contribution in [-0.4, -0.2) is 29.5 Å². The van der Waals surface area contributed by atoms with Crippen LogP contribution in [0, 0.1) is 6.92 Å². The number of esters is 1. The average molecular weight is 361 g/mol. The van der Waals surface area contributed by atoms with Crippen LogP contribution in [0.15, 0.2) is 24.3 Å². The summed E-state index contributed by atoms with van der Waals surface area (Å²) in [6.07, 6.45) is 0.331. The molecule has 1 aromatic carbocycles. The van der Waals surface area contributed by atoms with E-state index in [0.29, 0.717) is 6.42 Å². The molecule has 0 fully saturated rings. The maximum Gasteiger partial charge on any atom is 0.320 e. The van der Waals surface area contributed by atoms with Gasteiger partial charge < -0.3 is 10.1 Å². The van der Waals surface area contributed by atoms with Crippen molar-refractivity contribution in [2.24, 2.45) is 0 Å². The standard InChI is InChI=1S/C13H16INO3/c1-9-5-3-4-6-10(9)7-12(16)15-8-11(14)13(17)18-2/h3-6,11H,7-8H2,1-2H3,(H,15,16). The highest BCUT2D eigenvalue weighted by atomic mass is 127. The molecule has 1 rings (SSSR count). The first-order valence-electron chi connectivity index (χ1n) is 5.57. The number of amides is 1. The molecule has 98 valence electrons. The molecule has 0 spiro atoms. The first-order valence-corrected chi connectivity index (χ1v) is 6.82. The highest BCUT2D eigenvalue weighted by Gasteiger charge is 2.16. The number of ether oxygens (including phenoxy) is 1. The maximum atomic E-state index is 11.7. The van der Waals surface area contributed by atoms with Crippen LogP contribution in [0.25, 0.3) is 0 Å². The van der Waals surface area contributed by atoms with Gasteiger partial charge in [-0.1, -0.05) is 46.9 Å². The molecule has 5 heteroatoms. The van der Waals surface area contributed by atoms with Crippen LogP contribution < -0.4 is 5.32 Å². The molecule has 1 N–H and O–H groups in total. The van der Waals surface area contributed by atoms with Crippen molar-refractivity contribution >= 4 is 34.5 Å². The summed E-state index contributed by atoms with van der Waals surface area (Å²) in [6, 6.07) is 7.75. The fraction of sp³-hybridized carbons (Fsp3) is 0.385. The van der Waals surface area contributed by atoms with Gasteiger partial charge in [0, 0.05) is 6.54 Å². The predicted octanol–water partition coefficient (Wildman–Crippen LogP) is 1.63. The van der Waals surface area contributed by atoms with Gasteiger partial charge in [-0.3, -0.25) is 9.59 Å². The van der Waals surface area contributed by atoms with E-state index < -0.39 is 0 Å². The summed E-state index contributed by atoms with van der Waals surface area (Å²) >= 11 is 1.95. The molecule has 0 saturated heterocycles. The summed E-state index contributed by atoms with van der Waals surface area (Å²) in [7, 11) is 1.34. The van der Waals surface area contributed by atoms with Gasteiger partial charge >= 0.3 is 5.97 Å². The number of nitrogens with one attached hydrogen (secondary N) is 1. The molecular weight excluding hydrogens is 345 g/mol. The van der Waals surface area contributed by atoms with Crippen molar-refractivity contribution in [3.8, 4) is 0 Å². The van der Waals surface area contributed by atoms with E-state index in [2.05, 4.69) is 10.1 Å². The fourth-order valence-electron chi connectivity index (χ4n) is 1.46. The Morgan fingerprint density at radius 2 is 2.06 bits per heavy atom. The third kappa shape index (κ3) is 4.64. The van der Waals surface area contributed by atoms with E-state index in [1.807, 2.05) is 53.8 Å². The zero-order valence-corrected chi connectivity index (χ0v) is 12.6. The number of halogens is 1. The summed E-state index contributed by atoms with van der Waals surface area (Å²) in [6.45, 7) is 2.26. The zero-order valence-electron chi connectivity index (χ0n) is 10.4. The van der Waals surface area contributed by atoms with Gasteiger partial charge in [-0.2, -0.15) is 0 Å². The lowest BCUT2D eigenvalue weighted by Crippen LogP contribution is -2.34. The van der Waals surface area contributed by atoms with Crippen molar-refractivity contribution in [2.75, 3.05) is 13.7 Å². The number of aryl methyl sites for hydroxylation is 1.